The van der Waals surface area contributed by atoms with Gasteiger partial charge in [0.25, 0.3) is 0 Å². The summed E-state index contributed by atoms with van der Waals surface area (Å²) in [6, 6.07) is 12.0. The maximum atomic E-state index is 12.9. The summed E-state index contributed by atoms with van der Waals surface area (Å²) in [7, 11) is 3.49. The second-order valence-corrected chi connectivity index (χ2v) is 7.23. The number of hydrogen-bond acceptors (Lipinski definition) is 6. The SMILES string of the molecule is COc1ccccc1-c1ccnc2c1c(/C=C1\Oc3cc(O)cc(O)c3C1=O)cn2C. The number of carbonyl (C=O) groups is 1. The number of ether oxygens (including phenoxy) is 2. The van der Waals surface area contributed by atoms with Crippen LogP contribution < -0.4 is 9.47 Å². The molecule has 0 saturated heterocycles. The van der Waals surface area contributed by atoms with E-state index in [-0.39, 0.29) is 28.6 Å². The van der Waals surface area contributed by atoms with Crippen LogP contribution in [0.4, 0.5) is 0 Å². The van der Waals surface area contributed by atoms with E-state index in [0.29, 0.717) is 0 Å². The average molecular weight is 414 g/mol. The number of allylic oxidation sites excluding steroid dienone is 1. The molecule has 0 unspecified atom stereocenters. The number of phenolic OH excluding ortho intramolecular Hbond substituents is 2. The Morgan fingerprint density at radius 3 is 2.74 bits per heavy atom. The highest BCUT2D eigenvalue weighted by molar-refractivity contribution is 6.17. The van der Waals surface area contributed by atoms with Gasteiger partial charge in [0.15, 0.2) is 5.76 Å². The first kappa shape index (κ1) is 18.7. The van der Waals surface area contributed by atoms with Crippen molar-refractivity contribution in [3.8, 4) is 34.1 Å². The van der Waals surface area contributed by atoms with Crippen molar-refractivity contribution in [2.45, 2.75) is 0 Å². The number of hydrogen-bond donors (Lipinski definition) is 2. The number of nitrogens with zero attached hydrogens (tertiary/aromatic N) is 2. The van der Waals surface area contributed by atoms with Gasteiger partial charge in [0.2, 0.25) is 5.78 Å². The monoisotopic (exact) mass is 414 g/mol. The quantitative estimate of drug-likeness (QED) is 0.486. The third-order valence-corrected chi connectivity index (χ3v) is 5.31. The summed E-state index contributed by atoms with van der Waals surface area (Å²) in [4.78, 5) is 17.4. The van der Waals surface area contributed by atoms with Crippen molar-refractivity contribution in [3.63, 3.8) is 0 Å². The number of benzene rings is 2. The molecule has 154 valence electrons. The summed E-state index contributed by atoms with van der Waals surface area (Å²) in [6.07, 6.45) is 5.22. The average Bonchev–Trinajstić information content (AvgIpc) is 3.24. The van der Waals surface area contributed by atoms with E-state index in [0.717, 1.165) is 39.5 Å². The second kappa shape index (κ2) is 6.91. The van der Waals surface area contributed by atoms with Crippen LogP contribution in [0, 0.1) is 0 Å². The van der Waals surface area contributed by atoms with Gasteiger partial charge in [-0.15, -0.1) is 0 Å². The number of rotatable bonds is 3. The molecule has 0 bridgehead atoms. The number of aromatic hydroxyl groups is 2. The van der Waals surface area contributed by atoms with Crippen LogP contribution in [0.3, 0.4) is 0 Å². The van der Waals surface area contributed by atoms with E-state index >= 15 is 0 Å². The largest absolute Gasteiger partial charge is 0.508 e. The Kier molecular flexibility index (Phi) is 4.18. The molecule has 31 heavy (non-hydrogen) atoms. The Morgan fingerprint density at radius 1 is 1.13 bits per heavy atom. The number of methoxy groups -OCH3 is 1. The molecule has 0 spiro atoms. The first-order valence-electron chi connectivity index (χ1n) is 9.55. The predicted molar refractivity (Wildman–Crippen MR) is 115 cm³/mol. The summed E-state index contributed by atoms with van der Waals surface area (Å²) in [6.45, 7) is 0. The summed E-state index contributed by atoms with van der Waals surface area (Å²) in [5, 5.41) is 20.6. The van der Waals surface area contributed by atoms with E-state index in [4.69, 9.17) is 9.47 Å². The lowest BCUT2D eigenvalue weighted by molar-refractivity contribution is 0.101. The highest BCUT2D eigenvalue weighted by Crippen LogP contribution is 2.42. The lowest BCUT2D eigenvalue weighted by atomic mass is 9.99. The second-order valence-electron chi connectivity index (χ2n) is 7.23. The van der Waals surface area contributed by atoms with Gasteiger partial charge >= 0.3 is 0 Å². The van der Waals surface area contributed by atoms with Crippen LogP contribution in [-0.4, -0.2) is 32.7 Å². The van der Waals surface area contributed by atoms with Crippen LogP contribution in [0.25, 0.3) is 28.2 Å². The fourth-order valence-corrected chi connectivity index (χ4v) is 3.96. The van der Waals surface area contributed by atoms with E-state index in [1.54, 1.807) is 19.4 Å². The number of fused-ring (bicyclic) bond motifs is 2. The molecule has 1 aliphatic rings. The molecule has 0 radical (unpaired) electrons. The predicted octanol–water partition coefficient (Wildman–Crippen LogP) is 4.28. The molecule has 2 aromatic carbocycles. The molecule has 3 heterocycles. The Balaban J connectivity index is 1.71. The molecule has 2 aromatic heterocycles. The smallest absolute Gasteiger partial charge is 0.235 e. The van der Waals surface area contributed by atoms with Crippen molar-refractivity contribution < 1.29 is 24.5 Å². The van der Waals surface area contributed by atoms with Gasteiger partial charge in [-0.05, 0) is 23.8 Å². The van der Waals surface area contributed by atoms with E-state index in [2.05, 4.69) is 4.98 Å². The van der Waals surface area contributed by atoms with Gasteiger partial charge in [-0.3, -0.25) is 4.79 Å². The first-order chi connectivity index (χ1) is 15.0. The number of Topliss-reactive ketones (excluding diaryl/α,β-unsaturated/α-hetero) is 1. The van der Waals surface area contributed by atoms with Crippen molar-refractivity contribution in [2.24, 2.45) is 7.05 Å². The number of pyridine rings is 1. The zero-order chi connectivity index (χ0) is 21.7. The van der Waals surface area contributed by atoms with Crippen LogP contribution in [0.1, 0.15) is 15.9 Å². The van der Waals surface area contributed by atoms with E-state index < -0.39 is 5.78 Å². The Hall–Kier alpha value is -4.26. The van der Waals surface area contributed by atoms with Crippen LogP contribution in [0.15, 0.2) is 60.6 Å². The molecule has 4 aromatic rings. The molecule has 7 nitrogen and oxygen atoms in total. The number of aromatic nitrogens is 2. The molecular formula is C24H18N2O5. The van der Waals surface area contributed by atoms with Crippen molar-refractivity contribution in [1.82, 2.24) is 9.55 Å². The summed E-state index contributed by atoms with van der Waals surface area (Å²) < 4.78 is 13.1. The maximum absolute atomic E-state index is 12.9. The van der Waals surface area contributed by atoms with Crippen LogP contribution in [0.5, 0.6) is 23.0 Å². The molecule has 0 atom stereocenters. The Bertz CT molecular complexity index is 1400. The fourth-order valence-electron chi connectivity index (χ4n) is 3.96. The van der Waals surface area contributed by atoms with Crippen molar-refractivity contribution in [2.75, 3.05) is 7.11 Å². The number of para-hydroxylation sites is 1. The van der Waals surface area contributed by atoms with Gasteiger partial charge < -0.3 is 24.3 Å². The summed E-state index contributed by atoms with van der Waals surface area (Å²) >= 11 is 0. The van der Waals surface area contributed by atoms with Gasteiger partial charge in [-0.1, -0.05) is 18.2 Å². The van der Waals surface area contributed by atoms with Crippen LogP contribution in [-0.2, 0) is 7.05 Å². The van der Waals surface area contributed by atoms with E-state index in [1.165, 1.54) is 6.07 Å². The molecular weight excluding hydrogens is 396 g/mol. The van der Waals surface area contributed by atoms with E-state index in [1.807, 2.05) is 48.1 Å². The standard InChI is InChI=1S/C24H18N2O5/c1-26-12-13(9-20-23(29)22-17(28)10-14(27)11-19(22)31-20)21-16(7-8-25-24(21)26)15-5-3-4-6-18(15)30-2/h3-12,27-28H,1-2H3/b20-9-. The summed E-state index contributed by atoms with van der Waals surface area (Å²) in [5.74, 6) is -0.0585. The topological polar surface area (TPSA) is 93.8 Å². The first-order valence-corrected chi connectivity index (χ1v) is 9.55. The fraction of sp³-hybridized carbons (Fsp3) is 0.0833. The third-order valence-electron chi connectivity index (χ3n) is 5.31. The zero-order valence-corrected chi connectivity index (χ0v) is 16.8. The van der Waals surface area contributed by atoms with Gasteiger partial charge in [-0.2, -0.15) is 0 Å². The van der Waals surface area contributed by atoms with Crippen molar-refractivity contribution >= 4 is 22.9 Å². The number of carbonyl (C=O) groups excluding carboxylic acids is 1. The Labute approximate surface area is 177 Å². The normalized spacial score (nSPS) is 14.1. The minimum Gasteiger partial charge on any atom is -0.508 e. The molecule has 0 aliphatic carbocycles. The third kappa shape index (κ3) is 2.90. The van der Waals surface area contributed by atoms with Crippen molar-refractivity contribution in [3.05, 3.63) is 71.7 Å². The maximum Gasteiger partial charge on any atom is 0.235 e. The minimum atomic E-state index is -0.452. The van der Waals surface area contributed by atoms with Gasteiger partial charge in [0.1, 0.15) is 34.2 Å². The molecule has 0 amide bonds. The molecule has 0 fully saturated rings. The van der Waals surface area contributed by atoms with Crippen LogP contribution in [0.2, 0.25) is 0 Å². The lowest BCUT2D eigenvalue weighted by Gasteiger charge is -2.10. The lowest BCUT2D eigenvalue weighted by Crippen LogP contribution is -1.98. The highest BCUT2D eigenvalue weighted by Gasteiger charge is 2.31. The number of aryl methyl sites for hydroxylation is 1. The molecule has 5 rings (SSSR count). The molecule has 2 N–H and O–H groups in total. The number of ketones is 1. The van der Waals surface area contributed by atoms with Gasteiger partial charge in [0, 0.05) is 48.1 Å². The highest BCUT2D eigenvalue weighted by atomic mass is 16.5. The number of phenols is 2. The van der Waals surface area contributed by atoms with Crippen molar-refractivity contribution in [1.29, 1.82) is 0 Å². The van der Waals surface area contributed by atoms with Gasteiger partial charge in [-0.25, -0.2) is 4.98 Å². The Morgan fingerprint density at radius 2 is 1.94 bits per heavy atom. The molecule has 1 aliphatic heterocycles. The van der Waals surface area contributed by atoms with Gasteiger partial charge in [0.05, 0.1) is 7.11 Å². The van der Waals surface area contributed by atoms with Crippen LogP contribution >= 0.6 is 0 Å². The zero-order valence-electron chi connectivity index (χ0n) is 16.8. The molecule has 7 heteroatoms. The summed E-state index contributed by atoms with van der Waals surface area (Å²) in [5.41, 5.74) is 3.29. The molecule has 0 saturated carbocycles. The van der Waals surface area contributed by atoms with E-state index in [9.17, 15) is 15.0 Å². The minimum absolute atomic E-state index is 0.0346.